The lowest BCUT2D eigenvalue weighted by Crippen LogP contribution is -2.25. The summed E-state index contributed by atoms with van der Waals surface area (Å²) in [6.45, 7) is 6.88. The second kappa shape index (κ2) is 7.88. The van der Waals surface area contributed by atoms with Crippen molar-refractivity contribution in [1.29, 1.82) is 0 Å². The van der Waals surface area contributed by atoms with E-state index >= 15 is 0 Å². The molecule has 0 saturated carbocycles. The van der Waals surface area contributed by atoms with E-state index in [2.05, 4.69) is 0 Å². The molecule has 21 heavy (non-hydrogen) atoms. The third kappa shape index (κ3) is 5.63. The smallest absolute Gasteiger partial charge is 0.339 e. The molecule has 0 aliphatic carbocycles. The van der Waals surface area contributed by atoms with E-state index in [1.165, 1.54) is 6.07 Å². The van der Waals surface area contributed by atoms with Gasteiger partial charge >= 0.3 is 5.97 Å². The Labute approximate surface area is 125 Å². The Morgan fingerprint density at radius 2 is 1.95 bits per heavy atom. The van der Waals surface area contributed by atoms with Crippen LogP contribution >= 0.6 is 0 Å². The van der Waals surface area contributed by atoms with Crippen LogP contribution in [-0.4, -0.2) is 37.0 Å². The second-order valence-electron chi connectivity index (χ2n) is 5.37. The van der Waals surface area contributed by atoms with Gasteiger partial charge in [0.15, 0.2) is 0 Å². The minimum Gasteiger partial charge on any atom is -0.493 e. The van der Waals surface area contributed by atoms with Gasteiger partial charge in [-0.15, -0.1) is 0 Å². The lowest BCUT2D eigenvalue weighted by molar-refractivity contribution is 0.00536. The van der Waals surface area contributed by atoms with Crippen molar-refractivity contribution in [3.63, 3.8) is 0 Å². The molecule has 0 atom stereocenters. The molecule has 0 spiro atoms. The number of methoxy groups -OCH3 is 1. The van der Waals surface area contributed by atoms with Gasteiger partial charge in [0.2, 0.25) is 0 Å². The monoisotopic (exact) mass is 296 g/mol. The van der Waals surface area contributed by atoms with Crippen LogP contribution in [0.2, 0.25) is 0 Å². The van der Waals surface area contributed by atoms with Gasteiger partial charge < -0.3 is 19.3 Å². The normalized spacial score (nSPS) is 11.2. The van der Waals surface area contributed by atoms with Gasteiger partial charge in [0.1, 0.15) is 17.1 Å². The predicted molar refractivity (Wildman–Crippen MR) is 80.4 cm³/mol. The third-order valence-electron chi connectivity index (χ3n) is 3.17. The number of hydrogen-bond acceptors (Lipinski definition) is 4. The highest BCUT2D eigenvalue weighted by atomic mass is 16.5. The van der Waals surface area contributed by atoms with Gasteiger partial charge in [-0.1, -0.05) is 6.92 Å². The van der Waals surface area contributed by atoms with Crippen LogP contribution in [-0.2, 0) is 4.74 Å². The molecule has 5 nitrogen and oxygen atoms in total. The van der Waals surface area contributed by atoms with Crippen LogP contribution in [0.5, 0.6) is 11.5 Å². The molecule has 0 radical (unpaired) electrons. The van der Waals surface area contributed by atoms with Crippen LogP contribution in [0.4, 0.5) is 0 Å². The zero-order valence-electron chi connectivity index (χ0n) is 13.1. The third-order valence-corrected chi connectivity index (χ3v) is 3.17. The number of benzene rings is 1. The Balaban J connectivity index is 2.78. The average molecular weight is 296 g/mol. The number of carboxylic acids is 1. The Kier molecular flexibility index (Phi) is 6.49. The summed E-state index contributed by atoms with van der Waals surface area (Å²) >= 11 is 0. The summed E-state index contributed by atoms with van der Waals surface area (Å²) in [4.78, 5) is 11.2. The van der Waals surface area contributed by atoms with Gasteiger partial charge in [0.25, 0.3) is 0 Å². The van der Waals surface area contributed by atoms with Gasteiger partial charge in [-0.2, -0.15) is 0 Å². The number of ether oxygens (including phenoxy) is 3. The number of hydrogen-bond donors (Lipinski definition) is 1. The van der Waals surface area contributed by atoms with Crippen molar-refractivity contribution >= 4 is 5.97 Å². The number of aromatic carboxylic acids is 1. The molecular formula is C16H24O5. The van der Waals surface area contributed by atoms with Crippen LogP contribution in [0.3, 0.4) is 0 Å². The molecule has 0 aromatic heterocycles. The van der Waals surface area contributed by atoms with E-state index in [0.29, 0.717) is 31.1 Å². The zero-order chi connectivity index (χ0) is 15.9. The Morgan fingerprint density at radius 3 is 2.52 bits per heavy atom. The molecule has 1 rings (SSSR count). The largest absolute Gasteiger partial charge is 0.493 e. The first-order valence-electron chi connectivity index (χ1n) is 7.07. The lowest BCUT2D eigenvalue weighted by atomic mass is 10.1. The van der Waals surface area contributed by atoms with Crippen LogP contribution in [0.25, 0.3) is 0 Å². The maximum absolute atomic E-state index is 11.2. The first-order valence-corrected chi connectivity index (χ1v) is 7.07. The fraction of sp³-hybridized carbons (Fsp3) is 0.562. The van der Waals surface area contributed by atoms with Crippen molar-refractivity contribution in [2.45, 2.75) is 39.2 Å². The summed E-state index contributed by atoms with van der Waals surface area (Å²) in [6, 6.07) is 4.77. The molecule has 0 aliphatic heterocycles. The average Bonchev–Trinajstić information content (AvgIpc) is 2.44. The van der Waals surface area contributed by atoms with Crippen molar-refractivity contribution in [3.8, 4) is 11.5 Å². The molecule has 0 fully saturated rings. The Bertz CT molecular complexity index is 468. The SMILES string of the molecule is CCCOc1ccc(C(=O)O)c(OCCC(C)(C)OC)c1. The maximum Gasteiger partial charge on any atom is 0.339 e. The van der Waals surface area contributed by atoms with E-state index in [4.69, 9.17) is 14.2 Å². The molecule has 0 aliphatic rings. The van der Waals surface area contributed by atoms with Crippen LogP contribution in [0.15, 0.2) is 18.2 Å². The van der Waals surface area contributed by atoms with E-state index in [9.17, 15) is 9.90 Å². The molecule has 0 bridgehead atoms. The van der Waals surface area contributed by atoms with Crippen molar-refractivity contribution in [2.24, 2.45) is 0 Å². The Morgan fingerprint density at radius 1 is 1.24 bits per heavy atom. The number of carbonyl (C=O) groups is 1. The predicted octanol–water partition coefficient (Wildman–Crippen LogP) is 3.37. The van der Waals surface area contributed by atoms with Crippen molar-refractivity contribution in [1.82, 2.24) is 0 Å². The molecule has 0 unspecified atom stereocenters. The highest BCUT2D eigenvalue weighted by Gasteiger charge is 2.18. The minimum absolute atomic E-state index is 0.133. The summed E-state index contributed by atoms with van der Waals surface area (Å²) in [5.74, 6) is -0.0797. The zero-order valence-corrected chi connectivity index (χ0v) is 13.1. The molecule has 0 saturated heterocycles. The first kappa shape index (κ1) is 17.3. The molecule has 1 N–H and O–H groups in total. The van der Waals surface area contributed by atoms with Gasteiger partial charge in [-0.3, -0.25) is 0 Å². The number of carboxylic acid groups (broad SMARTS) is 1. The molecule has 1 aromatic carbocycles. The summed E-state index contributed by atoms with van der Waals surface area (Å²) in [6.07, 6.45) is 1.54. The maximum atomic E-state index is 11.2. The Hall–Kier alpha value is -1.75. The highest BCUT2D eigenvalue weighted by molar-refractivity contribution is 5.91. The minimum atomic E-state index is -1.02. The summed E-state index contributed by atoms with van der Waals surface area (Å²) < 4.78 is 16.4. The first-order chi connectivity index (χ1) is 9.89. The topological polar surface area (TPSA) is 65.0 Å². The molecule has 118 valence electrons. The van der Waals surface area contributed by atoms with Crippen molar-refractivity contribution < 1.29 is 24.1 Å². The molecule has 1 aromatic rings. The van der Waals surface area contributed by atoms with Gasteiger partial charge in [-0.05, 0) is 32.4 Å². The molecular weight excluding hydrogens is 272 g/mol. The van der Waals surface area contributed by atoms with Gasteiger partial charge in [0, 0.05) is 19.6 Å². The summed E-state index contributed by atoms with van der Waals surface area (Å²) in [7, 11) is 1.64. The lowest BCUT2D eigenvalue weighted by Gasteiger charge is -2.23. The van der Waals surface area contributed by atoms with Crippen LogP contribution in [0, 0.1) is 0 Å². The van der Waals surface area contributed by atoms with Crippen molar-refractivity contribution in [3.05, 3.63) is 23.8 Å². The summed E-state index contributed by atoms with van der Waals surface area (Å²) in [5.41, 5.74) is -0.172. The second-order valence-corrected chi connectivity index (χ2v) is 5.37. The molecule has 0 heterocycles. The van der Waals surface area contributed by atoms with E-state index < -0.39 is 5.97 Å². The number of rotatable bonds is 9. The molecule has 0 amide bonds. The quantitative estimate of drug-likeness (QED) is 0.757. The van der Waals surface area contributed by atoms with E-state index in [1.54, 1.807) is 19.2 Å². The molecule has 5 heteroatoms. The van der Waals surface area contributed by atoms with Crippen LogP contribution < -0.4 is 9.47 Å². The van der Waals surface area contributed by atoms with Gasteiger partial charge in [0.05, 0.1) is 18.8 Å². The fourth-order valence-electron chi connectivity index (χ4n) is 1.62. The summed E-state index contributed by atoms with van der Waals surface area (Å²) in [5, 5.41) is 9.19. The van der Waals surface area contributed by atoms with E-state index in [-0.39, 0.29) is 11.2 Å². The fourth-order valence-corrected chi connectivity index (χ4v) is 1.62. The van der Waals surface area contributed by atoms with Gasteiger partial charge in [-0.25, -0.2) is 4.79 Å². The van der Waals surface area contributed by atoms with E-state index in [0.717, 1.165) is 6.42 Å². The van der Waals surface area contributed by atoms with E-state index in [1.807, 2.05) is 20.8 Å². The highest BCUT2D eigenvalue weighted by Crippen LogP contribution is 2.26. The standard InChI is InChI=1S/C16H24O5/c1-5-9-20-12-6-7-13(15(17)18)14(11-12)21-10-8-16(2,3)19-4/h6-7,11H,5,8-10H2,1-4H3,(H,17,18). The van der Waals surface area contributed by atoms with Crippen molar-refractivity contribution in [2.75, 3.05) is 20.3 Å². The van der Waals surface area contributed by atoms with Crippen LogP contribution in [0.1, 0.15) is 44.0 Å².